The van der Waals surface area contributed by atoms with Gasteiger partial charge in [0.15, 0.2) is 11.6 Å². The fraction of sp³-hybridized carbons (Fsp3) is 0.500. The molecule has 0 saturated heterocycles. The van der Waals surface area contributed by atoms with E-state index in [4.69, 9.17) is 8.94 Å². The van der Waals surface area contributed by atoms with Crippen molar-refractivity contribution < 1.29 is 8.94 Å². The molecule has 0 radical (unpaired) electrons. The molecule has 24 heavy (non-hydrogen) atoms. The van der Waals surface area contributed by atoms with E-state index in [1.807, 2.05) is 10.7 Å². The van der Waals surface area contributed by atoms with Crippen LogP contribution in [0.3, 0.4) is 0 Å². The minimum atomic E-state index is 0.318. The lowest BCUT2D eigenvalue weighted by atomic mass is 10.1. The largest absolute Gasteiger partial charge is 0.461 e. The van der Waals surface area contributed by atoms with Crippen LogP contribution in [0.2, 0.25) is 0 Å². The SMILES string of the molecule is CC(C)c1nc2n(n1)CC(NCc1nc(-c3ccco3)no1)CC2. The molecule has 126 valence electrons. The van der Waals surface area contributed by atoms with Crippen LogP contribution < -0.4 is 5.32 Å². The molecule has 8 nitrogen and oxygen atoms in total. The fourth-order valence-corrected chi connectivity index (χ4v) is 2.80. The van der Waals surface area contributed by atoms with E-state index in [9.17, 15) is 0 Å². The second-order valence-electron chi connectivity index (χ2n) is 6.33. The van der Waals surface area contributed by atoms with Crippen molar-refractivity contribution >= 4 is 0 Å². The van der Waals surface area contributed by atoms with Crippen LogP contribution in [0.5, 0.6) is 0 Å². The smallest absolute Gasteiger partial charge is 0.241 e. The lowest BCUT2D eigenvalue weighted by Crippen LogP contribution is -2.37. The summed E-state index contributed by atoms with van der Waals surface area (Å²) in [6, 6.07) is 3.92. The van der Waals surface area contributed by atoms with Gasteiger partial charge in [-0.3, -0.25) is 0 Å². The number of nitrogens with one attached hydrogen (secondary N) is 1. The van der Waals surface area contributed by atoms with Crippen molar-refractivity contribution in [1.29, 1.82) is 0 Å². The Hall–Kier alpha value is -2.48. The Labute approximate surface area is 139 Å². The third-order valence-electron chi connectivity index (χ3n) is 4.14. The Bertz CT molecular complexity index is 805. The maximum Gasteiger partial charge on any atom is 0.241 e. The first kappa shape index (κ1) is 15.1. The highest BCUT2D eigenvalue weighted by Crippen LogP contribution is 2.18. The summed E-state index contributed by atoms with van der Waals surface area (Å²) >= 11 is 0. The van der Waals surface area contributed by atoms with Crippen LogP contribution >= 0.6 is 0 Å². The van der Waals surface area contributed by atoms with E-state index in [2.05, 4.69) is 39.4 Å². The van der Waals surface area contributed by atoms with Gasteiger partial charge in [0.1, 0.15) is 5.82 Å². The minimum absolute atomic E-state index is 0.318. The van der Waals surface area contributed by atoms with Crippen molar-refractivity contribution in [3.63, 3.8) is 0 Å². The molecule has 4 rings (SSSR count). The Morgan fingerprint density at radius 3 is 3.08 bits per heavy atom. The van der Waals surface area contributed by atoms with Crippen LogP contribution in [0.15, 0.2) is 27.3 Å². The van der Waals surface area contributed by atoms with Crippen LogP contribution in [-0.2, 0) is 19.5 Å². The van der Waals surface area contributed by atoms with E-state index in [1.165, 1.54) is 0 Å². The van der Waals surface area contributed by atoms with E-state index in [-0.39, 0.29) is 0 Å². The molecule has 1 unspecified atom stereocenters. The molecular formula is C16H20N6O2. The van der Waals surface area contributed by atoms with Crippen molar-refractivity contribution in [3.05, 3.63) is 35.9 Å². The number of aryl methyl sites for hydroxylation is 1. The molecule has 1 N–H and O–H groups in total. The normalized spacial score (nSPS) is 17.4. The van der Waals surface area contributed by atoms with Gasteiger partial charge in [0.2, 0.25) is 11.7 Å². The fourth-order valence-electron chi connectivity index (χ4n) is 2.80. The molecule has 1 aliphatic heterocycles. The van der Waals surface area contributed by atoms with Crippen molar-refractivity contribution in [2.45, 2.75) is 51.7 Å². The number of hydrogen-bond donors (Lipinski definition) is 1. The number of furan rings is 1. The van der Waals surface area contributed by atoms with Crippen LogP contribution in [-0.4, -0.2) is 30.9 Å². The van der Waals surface area contributed by atoms with Gasteiger partial charge in [-0.05, 0) is 18.6 Å². The Morgan fingerprint density at radius 2 is 2.29 bits per heavy atom. The van der Waals surface area contributed by atoms with Gasteiger partial charge in [-0.15, -0.1) is 0 Å². The predicted molar refractivity (Wildman–Crippen MR) is 85.1 cm³/mol. The molecule has 1 atom stereocenters. The van der Waals surface area contributed by atoms with Gasteiger partial charge in [0, 0.05) is 18.4 Å². The van der Waals surface area contributed by atoms with E-state index >= 15 is 0 Å². The van der Waals surface area contributed by atoms with E-state index in [1.54, 1.807) is 12.3 Å². The average molecular weight is 328 g/mol. The first-order valence-electron chi connectivity index (χ1n) is 8.22. The molecule has 3 aromatic heterocycles. The van der Waals surface area contributed by atoms with Gasteiger partial charge in [0.05, 0.1) is 19.4 Å². The van der Waals surface area contributed by atoms with Crippen LogP contribution in [0.25, 0.3) is 11.6 Å². The zero-order valence-corrected chi connectivity index (χ0v) is 13.8. The lowest BCUT2D eigenvalue weighted by molar-refractivity contribution is 0.320. The van der Waals surface area contributed by atoms with Gasteiger partial charge < -0.3 is 14.3 Å². The molecule has 0 fully saturated rings. The molecule has 8 heteroatoms. The molecule has 0 aromatic carbocycles. The van der Waals surface area contributed by atoms with E-state index < -0.39 is 0 Å². The highest BCUT2D eigenvalue weighted by molar-refractivity contribution is 5.44. The molecule has 3 aromatic rings. The average Bonchev–Trinajstić information content (AvgIpc) is 3.30. The summed E-state index contributed by atoms with van der Waals surface area (Å²) in [5.74, 6) is 3.98. The maximum atomic E-state index is 5.27. The van der Waals surface area contributed by atoms with Crippen LogP contribution in [0, 0.1) is 0 Å². The summed E-state index contributed by atoms with van der Waals surface area (Å²) in [4.78, 5) is 8.95. The molecule has 0 saturated carbocycles. The van der Waals surface area contributed by atoms with Gasteiger partial charge in [0.25, 0.3) is 0 Å². The number of aromatic nitrogens is 5. The topological polar surface area (TPSA) is 94.8 Å². The highest BCUT2D eigenvalue weighted by atomic mass is 16.5. The first-order chi connectivity index (χ1) is 11.7. The zero-order valence-electron chi connectivity index (χ0n) is 13.8. The zero-order chi connectivity index (χ0) is 16.5. The third kappa shape index (κ3) is 2.96. The Kier molecular flexibility index (Phi) is 3.89. The van der Waals surface area contributed by atoms with E-state index in [0.717, 1.165) is 31.0 Å². The molecule has 4 heterocycles. The van der Waals surface area contributed by atoms with Crippen LogP contribution in [0.1, 0.15) is 43.7 Å². The number of rotatable bonds is 5. The number of hydrogen-bond acceptors (Lipinski definition) is 7. The van der Waals surface area contributed by atoms with Gasteiger partial charge in [-0.1, -0.05) is 19.0 Å². The second kappa shape index (κ2) is 6.20. The van der Waals surface area contributed by atoms with Crippen LogP contribution in [0.4, 0.5) is 0 Å². The lowest BCUT2D eigenvalue weighted by Gasteiger charge is -2.22. The molecule has 0 amide bonds. The molecule has 0 bridgehead atoms. The first-order valence-corrected chi connectivity index (χ1v) is 8.22. The van der Waals surface area contributed by atoms with Gasteiger partial charge >= 0.3 is 0 Å². The summed E-state index contributed by atoms with van der Waals surface area (Å²) in [7, 11) is 0. The minimum Gasteiger partial charge on any atom is -0.461 e. The van der Waals surface area contributed by atoms with Gasteiger partial charge in [-0.2, -0.15) is 10.1 Å². The Morgan fingerprint density at radius 1 is 1.38 bits per heavy atom. The summed E-state index contributed by atoms with van der Waals surface area (Å²) in [5.41, 5.74) is 0. The standard InChI is InChI=1S/C16H20N6O2/c1-10(2)15-18-13-6-5-11(9-22(13)20-15)17-8-14-19-16(21-24-14)12-4-3-7-23-12/h3-4,7,10-11,17H,5-6,8-9H2,1-2H3. The predicted octanol–water partition coefficient (Wildman–Crippen LogP) is 2.15. The Balaban J connectivity index is 1.37. The molecular weight excluding hydrogens is 308 g/mol. The summed E-state index contributed by atoms with van der Waals surface area (Å²) in [6.45, 7) is 5.57. The van der Waals surface area contributed by atoms with Crippen molar-refractivity contribution in [2.24, 2.45) is 0 Å². The molecule has 0 spiro atoms. The summed E-state index contributed by atoms with van der Waals surface area (Å²) < 4.78 is 12.5. The monoisotopic (exact) mass is 328 g/mol. The number of nitrogens with zero attached hydrogens (tertiary/aromatic N) is 5. The summed E-state index contributed by atoms with van der Waals surface area (Å²) in [6.07, 6.45) is 3.54. The summed E-state index contributed by atoms with van der Waals surface area (Å²) in [5, 5.41) is 12.0. The molecule has 1 aliphatic rings. The van der Waals surface area contributed by atoms with Gasteiger partial charge in [-0.25, -0.2) is 9.67 Å². The quantitative estimate of drug-likeness (QED) is 0.766. The second-order valence-corrected chi connectivity index (χ2v) is 6.33. The van der Waals surface area contributed by atoms with E-state index in [0.29, 0.717) is 36.0 Å². The van der Waals surface area contributed by atoms with Crippen molar-refractivity contribution in [1.82, 2.24) is 30.2 Å². The molecule has 0 aliphatic carbocycles. The van der Waals surface area contributed by atoms with Crippen molar-refractivity contribution in [3.8, 4) is 11.6 Å². The number of fused-ring (bicyclic) bond motifs is 1. The third-order valence-corrected chi connectivity index (χ3v) is 4.14. The maximum absolute atomic E-state index is 5.27. The van der Waals surface area contributed by atoms with Crippen molar-refractivity contribution in [2.75, 3.05) is 0 Å². The highest BCUT2D eigenvalue weighted by Gasteiger charge is 2.22.